The number of aryl methyl sites for hydroxylation is 2. The molecular weight excluding hydrogens is 794 g/mol. The van der Waals surface area contributed by atoms with E-state index in [2.05, 4.69) is 29.9 Å². The smallest absolute Gasteiger partial charge is 0.433 e. The molecule has 2 atom stereocenters. The Bertz CT molecular complexity index is 2070. The van der Waals surface area contributed by atoms with E-state index in [1.807, 2.05) is 12.2 Å². The van der Waals surface area contributed by atoms with Gasteiger partial charge in [0, 0.05) is 54.3 Å². The summed E-state index contributed by atoms with van der Waals surface area (Å²) < 4.78 is 81.2. The maximum Gasteiger partial charge on any atom is 0.433 e. The monoisotopic (exact) mass is 836 g/mol. The van der Waals surface area contributed by atoms with Crippen LogP contribution in [0.1, 0.15) is 83.1 Å². The van der Waals surface area contributed by atoms with E-state index in [1.165, 1.54) is 29.7 Å². The summed E-state index contributed by atoms with van der Waals surface area (Å²) in [5.74, 6) is 0.0843. The van der Waals surface area contributed by atoms with E-state index in [9.17, 15) is 40.7 Å². The number of likely N-dealkylation sites (tertiary alicyclic amines) is 1. The van der Waals surface area contributed by atoms with Crippen LogP contribution in [-0.2, 0) is 39.5 Å². The molecule has 0 radical (unpaired) electrons. The molecule has 6 rings (SSSR count). The molecule has 312 valence electrons. The molecule has 0 bridgehead atoms. The van der Waals surface area contributed by atoms with Crippen LogP contribution in [0.3, 0.4) is 0 Å². The quantitative estimate of drug-likeness (QED) is 0.235. The molecule has 2 aliphatic rings. The van der Waals surface area contributed by atoms with Crippen LogP contribution in [-0.4, -0.2) is 82.2 Å². The predicted octanol–water partition coefficient (Wildman–Crippen LogP) is 3.25. The molecule has 12 nitrogen and oxygen atoms in total. The lowest BCUT2D eigenvalue weighted by Gasteiger charge is -2.49. The van der Waals surface area contributed by atoms with E-state index in [1.54, 1.807) is 39.8 Å². The van der Waals surface area contributed by atoms with E-state index in [4.69, 9.17) is 4.74 Å². The lowest BCUT2D eigenvalue weighted by Crippen LogP contribution is -3.06. The maximum atomic E-state index is 12.9. The number of quaternary nitrogens is 1. The van der Waals surface area contributed by atoms with Gasteiger partial charge in [-0.05, 0) is 90.3 Å². The summed E-state index contributed by atoms with van der Waals surface area (Å²) in [6.07, 6.45) is -1.84. The molecule has 2 aliphatic heterocycles. The number of amides is 1. The molecule has 2 fully saturated rings. The van der Waals surface area contributed by atoms with Gasteiger partial charge in [-0.1, -0.05) is 0 Å². The van der Waals surface area contributed by atoms with Gasteiger partial charge in [0.05, 0.1) is 24.4 Å². The van der Waals surface area contributed by atoms with Gasteiger partial charge in [0.25, 0.3) is 0 Å². The number of alkyl halides is 6. The highest BCUT2D eigenvalue weighted by Crippen LogP contribution is 2.35. The van der Waals surface area contributed by atoms with Crippen molar-refractivity contribution in [1.29, 1.82) is 0 Å². The van der Waals surface area contributed by atoms with E-state index in [0.717, 1.165) is 37.5 Å². The second-order valence-corrected chi connectivity index (χ2v) is 15.3. The van der Waals surface area contributed by atoms with Crippen LogP contribution >= 0.6 is 0 Å². The third kappa shape index (κ3) is 11.3. The second kappa shape index (κ2) is 17.8. The van der Waals surface area contributed by atoms with Gasteiger partial charge in [0.1, 0.15) is 35.2 Å². The molecule has 2 saturated heterocycles. The Labute approximate surface area is 337 Å². The van der Waals surface area contributed by atoms with Gasteiger partial charge in [-0.15, -0.1) is 0 Å². The number of nitrogens with two attached hydrogens (primary N) is 1. The van der Waals surface area contributed by atoms with Crippen molar-refractivity contribution in [1.82, 2.24) is 34.8 Å². The SMILES string of the molecule is CC(C)(C)OC(=O)N1CCC1(C)C(=O)CCc1cc(-c2ccc(C(F)(F)F)nc2)ncn1.CC1(C(=O)CCc2cc(-c3ccc(C(F)(F)F)nc3)ncn2)CC[NH2+]1.[Cl-]. The van der Waals surface area contributed by atoms with Crippen molar-refractivity contribution in [3.8, 4) is 22.5 Å². The Hall–Kier alpha value is -5.10. The molecular formula is C39H43ClF6N8O4. The Kier molecular flexibility index (Phi) is 14.0. The van der Waals surface area contributed by atoms with Crippen LogP contribution in [0.25, 0.3) is 22.5 Å². The van der Waals surface area contributed by atoms with Crippen molar-refractivity contribution in [3.05, 3.63) is 84.2 Å². The summed E-state index contributed by atoms with van der Waals surface area (Å²) in [4.78, 5) is 62.3. The minimum Gasteiger partial charge on any atom is -1.00 e. The van der Waals surface area contributed by atoms with Crippen molar-refractivity contribution in [2.75, 3.05) is 13.1 Å². The molecule has 19 heteroatoms. The number of ketones is 2. The molecule has 0 saturated carbocycles. The van der Waals surface area contributed by atoms with Crippen molar-refractivity contribution >= 4 is 17.7 Å². The van der Waals surface area contributed by atoms with E-state index in [0.29, 0.717) is 66.1 Å². The lowest BCUT2D eigenvalue weighted by atomic mass is 9.81. The number of rotatable bonds is 10. The molecule has 58 heavy (non-hydrogen) atoms. The zero-order valence-electron chi connectivity index (χ0n) is 32.4. The van der Waals surface area contributed by atoms with E-state index >= 15 is 0 Å². The van der Waals surface area contributed by atoms with Gasteiger partial charge < -0.3 is 22.5 Å². The first kappa shape index (κ1) is 45.6. The van der Waals surface area contributed by atoms with Gasteiger partial charge in [0.15, 0.2) is 17.1 Å². The summed E-state index contributed by atoms with van der Waals surface area (Å²) >= 11 is 0. The molecule has 4 aromatic rings. The number of carbonyl (C=O) groups is 3. The fourth-order valence-corrected chi connectivity index (χ4v) is 6.14. The van der Waals surface area contributed by atoms with Crippen LogP contribution in [0.15, 0.2) is 61.4 Å². The van der Waals surface area contributed by atoms with Crippen LogP contribution in [0, 0.1) is 0 Å². The Morgan fingerprint density at radius 2 is 1.19 bits per heavy atom. The minimum atomic E-state index is -4.51. The normalized spacial score (nSPS) is 19.1. The standard InChI is InChI=1S/C22H25F3N4O3.C17H17F3N4O.ClH/c1-20(2,3)32-19(31)29-10-9-21(29,4)18(30)8-6-15-11-16(28-13-27-15)14-5-7-17(26-12-14)22(23,24)25;1-16(6-7-24-16)15(25)5-3-12-8-13(23-10-22-12)11-2-4-14(21-9-11)17(18,19)20;/h5,7,11-13H,6,8-10H2,1-4H3;2,4,8-10,24H,3,5-7H2,1H3;1H. The minimum absolute atomic E-state index is 0. The Balaban J connectivity index is 0.000000259. The number of hydrogen-bond acceptors (Lipinski definition) is 10. The van der Waals surface area contributed by atoms with Gasteiger partial charge in [-0.25, -0.2) is 24.7 Å². The summed E-state index contributed by atoms with van der Waals surface area (Å²) in [5, 5.41) is 2.04. The molecule has 4 aromatic heterocycles. The summed E-state index contributed by atoms with van der Waals surface area (Å²) in [5.41, 5.74) is -0.780. The number of hydrogen-bond donors (Lipinski definition) is 1. The lowest BCUT2D eigenvalue weighted by molar-refractivity contribution is -0.764. The van der Waals surface area contributed by atoms with Crippen LogP contribution in [0.2, 0.25) is 0 Å². The molecule has 6 heterocycles. The van der Waals surface area contributed by atoms with Gasteiger partial charge >= 0.3 is 18.4 Å². The number of Topliss-reactive ketones (excluding diaryl/α,β-unsaturated/α-hetero) is 2. The first-order chi connectivity index (χ1) is 26.6. The molecule has 0 aromatic carbocycles. The topological polar surface area (TPSA) is 158 Å². The average molecular weight is 837 g/mol. The summed E-state index contributed by atoms with van der Waals surface area (Å²) in [6, 6.07) is 7.74. The van der Waals surface area contributed by atoms with Crippen molar-refractivity contribution < 1.29 is 63.2 Å². The van der Waals surface area contributed by atoms with E-state index in [-0.39, 0.29) is 35.9 Å². The average Bonchev–Trinajstić information content (AvgIpc) is 3.13. The highest BCUT2D eigenvalue weighted by atomic mass is 35.5. The van der Waals surface area contributed by atoms with Gasteiger partial charge in [-0.3, -0.25) is 24.5 Å². The van der Waals surface area contributed by atoms with E-state index < -0.39 is 41.0 Å². The highest BCUT2D eigenvalue weighted by Gasteiger charge is 2.50. The third-order valence-corrected chi connectivity index (χ3v) is 9.89. The molecule has 0 spiro atoms. The van der Waals surface area contributed by atoms with Crippen LogP contribution < -0.4 is 17.7 Å². The number of halogens is 7. The third-order valence-electron chi connectivity index (χ3n) is 9.89. The first-order valence-corrected chi connectivity index (χ1v) is 18.2. The highest BCUT2D eigenvalue weighted by molar-refractivity contribution is 5.93. The second-order valence-electron chi connectivity index (χ2n) is 15.3. The van der Waals surface area contributed by atoms with Crippen LogP contribution in [0.4, 0.5) is 31.1 Å². The maximum absolute atomic E-state index is 12.9. The number of aromatic nitrogens is 6. The number of nitrogens with zero attached hydrogens (tertiary/aromatic N) is 7. The molecule has 1 amide bonds. The predicted molar refractivity (Wildman–Crippen MR) is 193 cm³/mol. The zero-order chi connectivity index (χ0) is 41.8. The fourth-order valence-electron chi connectivity index (χ4n) is 6.14. The summed E-state index contributed by atoms with van der Waals surface area (Å²) in [7, 11) is 0. The summed E-state index contributed by atoms with van der Waals surface area (Å²) in [6.45, 7) is 10.4. The van der Waals surface area contributed by atoms with Gasteiger partial charge in [-0.2, -0.15) is 26.3 Å². The number of pyridine rings is 2. The van der Waals surface area contributed by atoms with Crippen molar-refractivity contribution in [3.63, 3.8) is 0 Å². The van der Waals surface area contributed by atoms with Gasteiger partial charge in [0.2, 0.25) is 0 Å². The first-order valence-electron chi connectivity index (χ1n) is 18.2. The Morgan fingerprint density at radius 1 is 0.724 bits per heavy atom. The molecule has 2 N–H and O–H groups in total. The fraction of sp³-hybridized carbons (Fsp3) is 0.462. The van der Waals surface area contributed by atoms with Crippen molar-refractivity contribution in [2.45, 2.75) is 102 Å². The molecule has 2 unspecified atom stereocenters. The largest absolute Gasteiger partial charge is 1.00 e. The Morgan fingerprint density at radius 3 is 1.53 bits per heavy atom. The van der Waals surface area contributed by atoms with Crippen molar-refractivity contribution in [2.24, 2.45) is 0 Å². The number of ether oxygens (including phenoxy) is 1. The van der Waals surface area contributed by atoms with Crippen LogP contribution in [0.5, 0.6) is 0 Å². The zero-order valence-corrected chi connectivity index (χ0v) is 33.2. The molecule has 0 aliphatic carbocycles. The number of carbonyl (C=O) groups excluding carboxylic acids is 3.